The predicted molar refractivity (Wildman–Crippen MR) is 73.2 cm³/mol. The van der Waals surface area contributed by atoms with Crippen molar-refractivity contribution in [2.24, 2.45) is 0 Å². The lowest BCUT2D eigenvalue weighted by Gasteiger charge is -2.31. The molecular formula is C13H26N2S. The maximum Gasteiger partial charge on any atom is 0.0212 e. The molecule has 0 aromatic heterocycles. The number of hydrogen-bond donors (Lipinski definition) is 1. The van der Waals surface area contributed by atoms with Crippen molar-refractivity contribution in [1.82, 2.24) is 10.2 Å². The van der Waals surface area contributed by atoms with Crippen molar-refractivity contribution in [3.05, 3.63) is 0 Å². The fourth-order valence-corrected chi connectivity index (χ4v) is 3.99. The van der Waals surface area contributed by atoms with Crippen LogP contribution >= 0.6 is 11.8 Å². The van der Waals surface area contributed by atoms with Gasteiger partial charge in [0.25, 0.3) is 0 Å². The number of likely N-dealkylation sites (tertiary alicyclic amines) is 1. The lowest BCUT2D eigenvalue weighted by atomic mass is 9.94. The summed E-state index contributed by atoms with van der Waals surface area (Å²) in [6.07, 6.45) is 9.22. The van der Waals surface area contributed by atoms with Gasteiger partial charge in [0, 0.05) is 29.9 Å². The molecule has 0 radical (unpaired) electrons. The Morgan fingerprint density at radius 3 is 2.62 bits per heavy atom. The molecule has 16 heavy (non-hydrogen) atoms. The normalized spacial score (nSPS) is 41.4. The minimum atomic E-state index is 0.741. The van der Waals surface area contributed by atoms with Crippen LogP contribution in [0.2, 0.25) is 0 Å². The Morgan fingerprint density at radius 1 is 1.19 bits per heavy atom. The van der Waals surface area contributed by atoms with E-state index in [0.29, 0.717) is 0 Å². The SMILES string of the molecule is CSC1CCCC(NC2CC(C)N(C)C2)C1. The van der Waals surface area contributed by atoms with Gasteiger partial charge in [-0.3, -0.25) is 0 Å². The van der Waals surface area contributed by atoms with E-state index in [2.05, 4.69) is 42.2 Å². The van der Waals surface area contributed by atoms with E-state index >= 15 is 0 Å². The highest BCUT2D eigenvalue weighted by Gasteiger charge is 2.29. The minimum Gasteiger partial charge on any atom is -0.310 e. The number of likely N-dealkylation sites (N-methyl/N-ethyl adjacent to an activating group) is 1. The number of rotatable bonds is 3. The standard InChI is InChI=1S/C13H26N2S/c1-10-7-12(9-15(10)2)14-11-5-4-6-13(8-11)16-3/h10-14H,4-9H2,1-3H3. The lowest BCUT2D eigenvalue weighted by Crippen LogP contribution is -2.42. The lowest BCUT2D eigenvalue weighted by molar-refractivity contribution is 0.314. The van der Waals surface area contributed by atoms with E-state index in [0.717, 1.165) is 23.4 Å². The molecule has 2 nitrogen and oxygen atoms in total. The van der Waals surface area contributed by atoms with Gasteiger partial charge >= 0.3 is 0 Å². The summed E-state index contributed by atoms with van der Waals surface area (Å²) in [5.74, 6) is 0. The molecule has 1 saturated carbocycles. The van der Waals surface area contributed by atoms with Crippen molar-refractivity contribution in [3.8, 4) is 0 Å². The van der Waals surface area contributed by atoms with Crippen LogP contribution in [0.5, 0.6) is 0 Å². The largest absolute Gasteiger partial charge is 0.310 e. The molecule has 1 aliphatic heterocycles. The van der Waals surface area contributed by atoms with Gasteiger partial charge in [0.1, 0.15) is 0 Å². The Kier molecular flexibility index (Phi) is 4.57. The van der Waals surface area contributed by atoms with Gasteiger partial charge in [-0.25, -0.2) is 0 Å². The van der Waals surface area contributed by atoms with Gasteiger partial charge in [0.15, 0.2) is 0 Å². The van der Waals surface area contributed by atoms with E-state index in [4.69, 9.17) is 0 Å². The van der Waals surface area contributed by atoms with Gasteiger partial charge in [-0.1, -0.05) is 6.42 Å². The molecule has 4 atom stereocenters. The molecule has 4 unspecified atom stereocenters. The highest BCUT2D eigenvalue weighted by atomic mass is 32.2. The Bertz CT molecular complexity index is 212. The topological polar surface area (TPSA) is 15.3 Å². The average molecular weight is 242 g/mol. The second kappa shape index (κ2) is 5.74. The van der Waals surface area contributed by atoms with E-state index in [1.165, 1.54) is 38.6 Å². The van der Waals surface area contributed by atoms with Crippen molar-refractivity contribution in [2.45, 2.75) is 62.4 Å². The van der Waals surface area contributed by atoms with Gasteiger partial charge < -0.3 is 10.2 Å². The molecule has 0 bridgehead atoms. The summed E-state index contributed by atoms with van der Waals surface area (Å²) in [6.45, 7) is 3.58. The maximum atomic E-state index is 3.89. The zero-order valence-electron chi connectivity index (χ0n) is 10.9. The molecular weight excluding hydrogens is 216 g/mol. The van der Waals surface area contributed by atoms with Crippen LogP contribution in [0.15, 0.2) is 0 Å². The first kappa shape index (κ1) is 12.7. The van der Waals surface area contributed by atoms with E-state index in [1.54, 1.807) is 0 Å². The van der Waals surface area contributed by atoms with Crippen LogP contribution in [0.1, 0.15) is 39.0 Å². The third-order valence-electron chi connectivity index (χ3n) is 4.32. The third kappa shape index (κ3) is 3.14. The van der Waals surface area contributed by atoms with Crippen LogP contribution in [-0.2, 0) is 0 Å². The van der Waals surface area contributed by atoms with Gasteiger partial charge in [-0.15, -0.1) is 0 Å². The van der Waals surface area contributed by atoms with Gasteiger partial charge in [-0.2, -0.15) is 11.8 Å². The van der Waals surface area contributed by atoms with Crippen molar-refractivity contribution < 1.29 is 0 Å². The van der Waals surface area contributed by atoms with Crippen molar-refractivity contribution >= 4 is 11.8 Å². The molecule has 3 heteroatoms. The van der Waals surface area contributed by atoms with Crippen LogP contribution < -0.4 is 5.32 Å². The van der Waals surface area contributed by atoms with Crippen LogP contribution in [0.3, 0.4) is 0 Å². The number of thioether (sulfide) groups is 1. The Balaban J connectivity index is 1.77. The Hall–Kier alpha value is 0.270. The van der Waals surface area contributed by atoms with E-state index in [1.807, 2.05) is 0 Å². The predicted octanol–water partition coefficient (Wildman–Crippen LogP) is 2.34. The van der Waals surface area contributed by atoms with Crippen LogP contribution in [0.4, 0.5) is 0 Å². The van der Waals surface area contributed by atoms with Crippen molar-refractivity contribution in [1.29, 1.82) is 0 Å². The Labute approximate surface area is 105 Å². The summed E-state index contributed by atoms with van der Waals surface area (Å²) >= 11 is 2.06. The summed E-state index contributed by atoms with van der Waals surface area (Å²) in [5, 5.41) is 4.79. The summed E-state index contributed by atoms with van der Waals surface area (Å²) in [5.41, 5.74) is 0. The fourth-order valence-electron chi connectivity index (χ4n) is 3.16. The molecule has 2 rings (SSSR count). The molecule has 94 valence electrons. The molecule has 1 N–H and O–H groups in total. The molecule has 0 amide bonds. The van der Waals surface area contributed by atoms with Gasteiger partial charge in [0.05, 0.1) is 0 Å². The zero-order valence-corrected chi connectivity index (χ0v) is 11.7. The van der Waals surface area contributed by atoms with Crippen molar-refractivity contribution in [2.75, 3.05) is 19.8 Å². The average Bonchev–Trinajstić information content (AvgIpc) is 2.58. The molecule has 1 heterocycles. The minimum absolute atomic E-state index is 0.741. The van der Waals surface area contributed by atoms with Crippen molar-refractivity contribution in [3.63, 3.8) is 0 Å². The second-order valence-corrected chi connectivity index (χ2v) is 6.75. The first-order valence-corrected chi connectivity index (χ1v) is 7.97. The molecule has 0 aromatic carbocycles. The first-order valence-electron chi connectivity index (χ1n) is 6.68. The number of hydrogen-bond acceptors (Lipinski definition) is 3. The Morgan fingerprint density at radius 2 is 2.00 bits per heavy atom. The van der Waals surface area contributed by atoms with Crippen LogP contribution in [-0.4, -0.2) is 48.1 Å². The highest BCUT2D eigenvalue weighted by Crippen LogP contribution is 2.28. The monoisotopic (exact) mass is 242 g/mol. The molecule has 1 saturated heterocycles. The molecule has 2 fully saturated rings. The summed E-state index contributed by atoms with van der Waals surface area (Å²) < 4.78 is 0. The summed E-state index contributed by atoms with van der Waals surface area (Å²) in [4.78, 5) is 2.48. The second-order valence-electron chi connectivity index (χ2n) is 5.61. The quantitative estimate of drug-likeness (QED) is 0.818. The van der Waals surface area contributed by atoms with Crippen LogP contribution in [0, 0.1) is 0 Å². The number of nitrogens with zero attached hydrogens (tertiary/aromatic N) is 1. The molecule has 0 aromatic rings. The molecule has 2 aliphatic rings. The van der Waals surface area contributed by atoms with E-state index in [9.17, 15) is 0 Å². The van der Waals surface area contributed by atoms with E-state index in [-0.39, 0.29) is 0 Å². The van der Waals surface area contributed by atoms with Gasteiger partial charge in [0.2, 0.25) is 0 Å². The fraction of sp³-hybridized carbons (Fsp3) is 1.00. The molecule has 0 spiro atoms. The smallest absolute Gasteiger partial charge is 0.0212 e. The van der Waals surface area contributed by atoms with E-state index < -0.39 is 0 Å². The zero-order chi connectivity index (χ0) is 11.5. The summed E-state index contributed by atoms with van der Waals surface area (Å²) in [6, 6.07) is 2.29. The highest BCUT2D eigenvalue weighted by molar-refractivity contribution is 7.99. The third-order valence-corrected chi connectivity index (χ3v) is 5.41. The molecule has 1 aliphatic carbocycles. The maximum absolute atomic E-state index is 3.89. The first-order chi connectivity index (χ1) is 7.69. The number of nitrogens with one attached hydrogen (secondary N) is 1. The van der Waals surface area contributed by atoms with Crippen LogP contribution in [0.25, 0.3) is 0 Å². The summed E-state index contributed by atoms with van der Waals surface area (Å²) in [7, 11) is 2.25. The van der Waals surface area contributed by atoms with Gasteiger partial charge in [-0.05, 0) is 45.9 Å².